The molecule has 2 nitrogen and oxygen atoms in total. The quantitative estimate of drug-likeness (QED) is 0.442. The fourth-order valence-electron chi connectivity index (χ4n) is 0.455. The first-order valence-electron chi connectivity index (χ1n) is 2.35. The van der Waals surface area contributed by atoms with E-state index in [0.29, 0.717) is 0 Å². The van der Waals surface area contributed by atoms with E-state index >= 15 is 0 Å². The second kappa shape index (κ2) is 2.86. The minimum Gasteiger partial charge on any atom is -0.265 e. The average Bonchev–Trinajstić information content (AvgIpc) is 1.79. The van der Waals surface area contributed by atoms with Gasteiger partial charge in [0.1, 0.15) is 0 Å². The molecule has 0 aromatic heterocycles. The lowest BCUT2D eigenvalue weighted by molar-refractivity contribution is 0.826. The summed E-state index contributed by atoms with van der Waals surface area (Å²) >= 11 is 22.1. The molecule has 0 spiro atoms. The minimum atomic E-state index is -1.24. The van der Waals surface area contributed by atoms with E-state index in [-0.39, 0.29) is 16.9 Å². The number of alkyl halides is 2. The Morgan fingerprint density at radius 2 is 1.80 bits per heavy atom. The molecule has 0 aromatic carbocycles. The van der Waals surface area contributed by atoms with E-state index in [9.17, 15) is 0 Å². The van der Waals surface area contributed by atoms with Gasteiger partial charge in [0.2, 0.25) is 4.46 Å². The highest BCUT2D eigenvalue weighted by molar-refractivity contribution is 7.00. The fraction of sp³-hybridized carbons (Fsp3) is 0.500. The largest absolute Gasteiger partial charge is 0.265 e. The van der Waals surface area contributed by atoms with Crippen LogP contribution in [0.2, 0.25) is 0 Å². The zero-order valence-electron chi connectivity index (χ0n) is 4.61. The average molecular weight is 220 g/mol. The summed E-state index contributed by atoms with van der Waals surface area (Å²) in [4.78, 5) is 7.36. The van der Waals surface area contributed by atoms with E-state index in [4.69, 9.17) is 46.4 Å². The molecule has 1 rings (SSSR count). The van der Waals surface area contributed by atoms with E-state index in [1.807, 2.05) is 0 Å². The summed E-state index contributed by atoms with van der Waals surface area (Å²) in [5.74, 6) is 0. The van der Waals surface area contributed by atoms with Crippen LogP contribution in [0.15, 0.2) is 9.98 Å². The van der Waals surface area contributed by atoms with Crippen LogP contribution in [0.4, 0.5) is 0 Å². The summed E-state index contributed by atoms with van der Waals surface area (Å²) in [5.41, 5.74) is 0. The number of hydrogen-bond donors (Lipinski definition) is 0. The summed E-state index contributed by atoms with van der Waals surface area (Å²) in [7, 11) is 0. The standard InChI is InChI=1S/C4H2Cl4N2/c5-2-3(6)10-4(7,8)1-9-2/h1H2. The normalized spacial score (nSPS) is 23.6. The van der Waals surface area contributed by atoms with Crippen molar-refractivity contribution >= 4 is 56.7 Å². The van der Waals surface area contributed by atoms with Crippen LogP contribution in [-0.4, -0.2) is 21.3 Å². The minimum absolute atomic E-state index is 0.0536. The highest BCUT2D eigenvalue weighted by Crippen LogP contribution is 2.27. The van der Waals surface area contributed by atoms with Gasteiger partial charge in [-0.05, 0) is 0 Å². The van der Waals surface area contributed by atoms with Gasteiger partial charge in [0.15, 0.2) is 10.3 Å². The van der Waals surface area contributed by atoms with Crippen molar-refractivity contribution in [1.29, 1.82) is 0 Å². The van der Waals surface area contributed by atoms with Crippen LogP contribution >= 0.6 is 46.4 Å². The first-order chi connectivity index (χ1) is 4.51. The Labute approximate surface area is 77.8 Å². The molecule has 1 aliphatic rings. The fourth-order valence-corrected chi connectivity index (χ4v) is 1.14. The number of halogens is 4. The Morgan fingerprint density at radius 1 is 1.20 bits per heavy atom. The lowest BCUT2D eigenvalue weighted by atomic mass is 10.5. The van der Waals surface area contributed by atoms with Gasteiger partial charge in [-0.1, -0.05) is 46.4 Å². The highest BCUT2D eigenvalue weighted by atomic mass is 35.5. The molecular formula is C4H2Cl4N2. The predicted octanol–water partition coefficient (Wildman–Crippen LogP) is 2.41. The molecule has 0 radical (unpaired) electrons. The zero-order chi connectivity index (χ0) is 7.78. The maximum absolute atomic E-state index is 5.56. The molecule has 0 atom stereocenters. The van der Waals surface area contributed by atoms with Crippen molar-refractivity contribution in [3.63, 3.8) is 0 Å². The van der Waals surface area contributed by atoms with Crippen LogP contribution in [0.3, 0.4) is 0 Å². The van der Waals surface area contributed by atoms with Gasteiger partial charge in [-0.15, -0.1) is 0 Å². The molecule has 0 fully saturated rings. The van der Waals surface area contributed by atoms with Crippen LogP contribution in [-0.2, 0) is 0 Å². The first kappa shape index (κ1) is 8.60. The Balaban J connectivity index is 2.87. The molecule has 1 aliphatic heterocycles. The number of hydrogen-bond acceptors (Lipinski definition) is 2. The van der Waals surface area contributed by atoms with Crippen LogP contribution in [0.25, 0.3) is 0 Å². The van der Waals surface area contributed by atoms with Gasteiger partial charge < -0.3 is 0 Å². The topological polar surface area (TPSA) is 24.7 Å². The third kappa shape index (κ3) is 1.99. The Bertz CT molecular complexity index is 207. The molecule has 0 unspecified atom stereocenters. The molecule has 10 heavy (non-hydrogen) atoms. The smallest absolute Gasteiger partial charge is 0.228 e. The van der Waals surface area contributed by atoms with Gasteiger partial charge in [-0.2, -0.15) is 0 Å². The third-order valence-electron chi connectivity index (χ3n) is 0.840. The van der Waals surface area contributed by atoms with Crippen molar-refractivity contribution in [2.45, 2.75) is 4.46 Å². The number of rotatable bonds is 0. The molecule has 1 heterocycles. The third-order valence-corrected chi connectivity index (χ3v) is 1.91. The molecule has 6 heteroatoms. The predicted molar refractivity (Wildman–Crippen MR) is 45.9 cm³/mol. The van der Waals surface area contributed by atoms with Crippen molar-refractivity contribution < 1.29 is 0 Å². The number of aliphatic imine (C=N–C) groups is 2. The zero-order valence-corrected chi connectivity index (χ0v) is 7.64. The lowest BCUT2D eigenvalue weighted by Gasteiger charge is -2.15. The monoisotopic (exact) mass is 218 g/mol. The van der Waals surface area contributed by atoms with Gasteiger partial charge in [0, 0.05) is 0 Å². The maximum Gasteiger partial charge on any atom is 0.228 e. The molecule has 0 amide bonds. The molecule has 0 saturated heterocycles. The van der Waals surface area contributed by atoms with Crippen molar-refractivity contribution in [3.05, 3.63) is 0 Å². The maximum atomic E-state index is 5.56. The summed E-state index contributed by atoms with van der Waals surface area (Å²) in [5, 5.41) is 0.205. The van der Waals surface area contributed by atoms with Gasteiger partial charge in [-0.25, -0.2) is 4.99 Å². The summed E-state index contributed by atoms with van der Waals surface area (Å²) in [6, 6.07) is 0. The summed E-state index contributed by atoms with van der Waals surface area (Å²) in [6.07, 6.45) is 0. The summed E-state index contributed by atoms with van der Waals surface area (Å²) in [6.45, 7) is 0.144. The highest BCUT2D eigenvalue weighted by Gasteiger charge is 2.27. The summed E-state index contributed by atoms with van der Waals surface area (Å²) < 4.78 is -1.24. The van der Waals surface area contributed by atoms with E-state index in [1.165, 1.54) is 0 Å². The Morgan fingerprint density at radius 3 is 2.20 bits per heavy atom. The van der Waals surface area contributed by atoms with Crippen molar-refractivity contribution in [2.75, 3.05) is 6.54 Å². The molecule has 0 bridgehead atoms. The molecule has 56 valence electrons. The van der Waals surface area contributed by atoms with Crippen molar-refractivity contribution in [3.8, 4) is 0 Å². The SMILES string of the molecule is ClC1=NCC(Cl)(Cl)N=C1Cl. The lowest BCUT2D eigenvalue weighted by Crippen LogP contribution is -2.23. The van der Waals surface area contributed by atoms with Crippen LogP contribution < -0.4 is 0 Å². The first-order valence-corrected chi connectivity index (χ1v) is 3.86. The van der Waals surface area contributed by atoms with Crippen LogP contribution in [0, 0.1) is 0 Å². The molecule has 0 aromatic rings. The second-order valence-corrected chi connectivity index (χ2v) is 3.84. The number of nitrogens with zero attached hydrogens (tertiary/aromatic N) is 2. The van der Waals surface area contributed by atoms with Crippen molar-refractivity contribution in [1.82, 2.24) is 0 Å². The second-order valence-electron chi connectivity index (χ2n) is 1.68. The van der Waals surface area contributed by atoms with E-state index in [0.717, 1.165) is 0 Å². The van der Waals surface area contributed by atoms with Gasteiger partial charge in [0.25, 0.3) is 0 Å². The Kier molecular flexibility index (Phi) is 2.46. The van der Waals surface area contributed by atoms with Crippen LogP contribution in [0.5, 0.6) is 0 Å². The van der Waals surface area contributed by atoms with E-state index in [1.54, 1.807) is 0 Å². The van der Waals surface area contributed by atoms with Crippen LogP contribution in [0.1, 0.15) is 0 Å². The Hall–Kier alpha value is 0.500. The van der Waals surface area contributed by atoms with Gasteiger partial charge in [0.05, 0.1) is 6.54 Å². The van der Waals surface area contributed by atoms with Crippen molar-refractivity contribution in [2.24, 2.45) is 9.98 Å². The molecule has 0 N–H and O–H groups in total. The molecular weight excluding hydrogens is 218 g/mol. The molecule has 0 aliphatic carbocycles. The van der Waals surface area contributed by atoms with E-state index < -0.39 is 4.46 Å². The molecule has 0 saturated carbocycles. The van der Waals surface area contributed by atoms with Gasteiger partial charge >= 0.3 is 0 Å². The van der Waals surface area contributed by atoms with E-state index in [2.05, 4.69) is 9.98 Å². The van der Waals surface area contributed by atoms with Gasteiger partial charge in [-0.3, -0.25) is 4.99 Å².